The van der Waals surface area contributed by atoms with Gasteiger partial charge in [-0.2, -0.15) is 0 Å². The molecule has 1 heterocycles. The van der Waals surface area contributed by atoms with Gasteiger partial charge >= 0.3 is 0 Å². The first-order valence-electron chi connectivity index (χ1n) is 7.83. The molecule has 2 atom stereocenters. The van der Waals surface area contributed by atoms with Gasteiger partial charge in [0.25, 0.3) is 0 Å². The number of morpholine rings is 1. The quantitative estimate of drug-likeness (QED) is 0.805. The molecule has 1 aromatic carbocycles. The van der Waals surface area contributed by atoms with Crippen LogP contribution >= 0.6 is 0 Å². The van der Waals surface area contributed by atoms with Crippen LogP contribution in [0.4, 0.5) is 0 Å². The average molecular weight is 292 g/mol. The minimum atomic E-state index is 0.169. The molecular weight excluding hydrogens is 266 g/mol. The van der Waals surface area contributed by atoms with E-state index in [0.29, 0.717) is 25.2 Å². The van der Waals surface area contributed by atoms with Crippen LogP contribution in [-0.2, 0) is 4.74 Å². The van der Waals surface area contributed by atoms with Crippen LogP contribution in [0, 0.1) is 0 Å². The standard InChI is InChI=1S/C17H25NO3/c1-4-17(19)15-5-7-16(8-6-15)20-10-9-18-11-13(2)21-14(3)12-18/h5-8,13-14H,4,9-12H2,1-3H3/p+1/t13-,14-/m0/s1. The highest BCUT2D eigenvalue weighted by Crippen LogP contribution is 2.13. The van der Waals surface area contributed by atoms with E-state index in [-0.39, 0.29) is 5.78 Å². The van der Waals surface area contributed by atoms with E-state index >= 15 is 0 Å². The summed E-state index contributed by atoms with van der Waals surface area (Å²) in [6, 6.07) is 7.44. The van der Waals surface area contributed by atoms with Crippen LogP contribution in [0.15, 0.2) is 24.3 Å². The second-order valence-corrected chi connectivity index (χ2v) is 5.82. The van der Waals surface area contributed by atoms with Crippen molar-refractivity contribution in [3.05, 3.63) is 29.8 Å². The Morgan fingerprint density at radius 3 is 2.43 bits per heavy atom. The van der Waals surface area contributed by atoms with Gasteiger partial charge in [0.15, 0.2) is 5.78 Å². The van der Waals surface area contributed by atoms with Crippen molar-refractivity contribution in [3.8, 4) is 5.75 Å². The second-order valence-electron chi connectivity index (χ2n) is 5.82. The van der Waals surface area contributed by atoms with E-state index in [4.69, 9.17) is 9.47 Å². The largest absolute Gasteiger partial charge is 0.488 e. The van der Waals surface area contributed by atoms with Gasteiger partial charge in [-0.05, 0) is 38.1 Å². The molecule has 0 aliphatic carbocycles. The lowest BCUT2D eigenvalue weighted by Crippen LogP contribution is -3.16. The predicted molar refractivity (Wildman–Crippen MR) is 82.1 cm³/mol. The molecule has 1 aliphatic heterocycles. The van der Waals surface area contributed by atoms with Crippen LogP contribution in [0.5, 0.6) is 5.75 Å². The fraction of sp³-hybridized carbons (Fsp3) is 0.588. The number of hydrogen-bond acceptors (Lipinski definition) is 3. The number of nitrogens with one attached hydrogen (secondary N) is 1. The Labute approximate surface area is 127 Å². The summed E-state index contributed by atoms with van der Waals surface area (Å²) in [5.74, 6) is 0.999. The van der Waals surface area contributed by atoms with E-state index < -0.39 is 0 Å². The summed E-state index contributed by atoms with van der Waals surface area (Å²) < 4.78 is 11.5. The van der Waals surface area contributed by atoms with Crippen molar-refractivity contribution < 1.29 is 19.2 Å². The fourth-order valence-corrected chi connectivity index (χ4v) is 2.85. The van der Waals surface area contributed by atoms with Crippen LogP contribution in [-0.4, -0.2) is 44.2 Å². The predicted octanol–water partition coefficient (Wildman–Crippen LogP) is 1.35. The smallest absolute Gasteiger partial charge is 0.162 e. The van der Waals surface area contributed by atoms with Crippen molar-refractivity contribution in [2.45, 2.75) is 39.4 Å². The van der Waals surface area contributed by atoms with E-state index in [0.717, 1.165) is 30.9 Å². The maximum atomic E-state index is 11.6. The molecule has 1 fully saturated rings. The van der Waals surface area contributed by atoms with Crippen LogP contribution in [0.2, 0.25) is 0 Å². The van der Waals surface area contributed by atoms with Gasteiger partial charge in [-0.25, -0.2) is 0 Å². The third kappa shape index (κ3) is 4.83. The molecular formula is C17H26NO3+. The maximum Gasteiger partial charge on any atom is 0.162 e. The van der Waals surface area contributed by atoms with Crippen molar-refractivity contribution in [1.82, 2.24) is 0 Å². The maximum absolute atomic E-state index is 11.6. The summed E-state index contributed by atoms with van der Waals surface area (Å²) in [4.78, 5) is 13.1. The third-order valence-electron chi connectivity index (χ3n) is 3.84. The Morgan fingerprint density at radius 1 is 1.24 bits per heavy atom. The molecule has 0 aromatic heterocycles. The van der Waals surface area contributed by atoms with Gasteiger partial charge < -0.3 is 14.4 Å². The van der Waals surface area contributed by atoms with Gasteiger partial charge in [0.05, 0.1) is 0 Å². The summed E-state index contributed by atoms with van der Waals surface area (Å²) in [5.41, 5.74) is 0.756. The number of ketones is 1. The Morgan fingerprint density at radius 2 is 1.86 bits per heavy atom. The minimum absolute atomic E-state index is 0.169. The van der Waals surface area contributed by atoms with Crippen LogP contribution in [0.25, 0.3) is 0 Å². The molecule has 1 aliphatic rings. The van der Waals surface area contributed by atoms with E-state index in [1.807, 2.05) is 31.2 Å². The van der Waals surface area contributed by atoms with Crippen LogP contribution in [0.1, 0.15) is 37.6 Å². The third-order valence-corrected chi connectivity index (χ3v) is 3.84. The van der Waals surface area contributed by atoms with E-state index in [1.165, 1.54) is 4.90 Å². The number of ether oxygens (including phenoxy) is 2. The molecule has 0 unspecified atom stereocenters. The SMILES string of the molecule is CCC(=O)c1ccc(OCC[NH+]2C[C@H](C)O[C@@H](C)C2)cc1. The fourth-order valence-electron chi connectivity index (χ4n) is 2.85. The number of rotatable bonds is 6. The van der Waals surface area contributed by atoms with Gasteiger partial charge in [0.1, 0.15) is 44.2 Å². The van der Waals surface area contributed by atoms with Gasteiger partial charge in [-0.1, -0.05) is 6.92 Å². The molecule has 21 heavy (non-hydrogen) atoms. The van der Waals surface area contributed by atoms with Crippen LogP contribution < -0.4 is 9.64 Å². The molecule has 2 rings (SSSR count). The zero-order valence-electron chi connectivity index (χ0n) is 13.2. The molecule has 0 bridgehead atoms. The summed E-state index contributed by atoms with van der Waals surface area (Å²) in [6.07, 6.45) is 1.18. The molecule has 0 radical (unpaired) electrons. The minimum Gasteiger partial charge on any atom is -0.488 e. The number of carbonyl (C=O) groups excluding carboxylic acids is 1. The normalized spacial score (nSPS) is 25.6. The number of benzene rings is 1. The number of carbonyl (C=O) groups is 1. The summed E-state index contributed by atoms with van der Waals surface area (Å²) in [7, 11) is 0. The molecule has 0 amide bonds. The molecule has 4 heteroatoms. The van der Waals surface area contributed by atoms with E-state index in [2.05, 4.69) is 13.8 Å². The van der Waals surface area contributed by atoms with Crippen molar-refractivity contribution in [3.63, 3.8) is 0 Å². The first kappa shape index (κ1) is 16.0. The second kappa shape index (κ2) is 7.57. The number of hydrogen-bond donors (Lipinski definition) is 1. The molecule has 1 saturated heterocycles. The summed E-state index contributed by atoms with van der Waals surface area (Å²) in [6.45, 7) is 9.87. The summed E-state index contributed by atoms with van der Waals surface area (Å²) in [5, 5.41) is 0. The van der Waals surface area contributed by atoms with Gasteiger partial charge in [0.2, 0.25) is 0 Å². The molecule has 1 N–H and O–H groups in total. The molecule has 4 nitrogen and oxygen atoms in total. The lowest BCUT2D eigenvalue weighted by atomic mass is 10.1. The molecule has 1 aromatic rings. The lowest BCUT2D eigenvalue weighted by molar-refractivity contribution is -0.915. The van der Waals surface area contributed by atoms with Gasteiger partial charge in [0, 0.05) is 12.0 Å². The van der Waals surface area contributed by atoms with E-state index in [1.54, 1.807) is 0 Å². The summed E-state index contributed by atoms with van der Waals surface area (Å²) >= 11 is 0. The number of quaternary nitrogens is 1. The van der Waals surface area contributed by atoms with Crippen LogP contribution in [0.3, 0.4) is 0 Å². The topological polar surface area (TPSA) is 40.0 Å². The van der Waals surface area contributed by atoms with Crippen molar-refractivity contribution in [1.29, 1.82) is 0 Å². The average Bonchev–Trinajstić information content (AvgIpc) is 2.46. The first-order valence-corrected chi connectivity index (χ1v) is 7.83. The zero-order valence-corrected chi connectivity index (χ0v) is 13.2. The monoisotopic (exact) mass is 292 g/mol. The number of Topliss-reactive ketones (excluding diaryl/α,β-unsaturated/α-hetero) is 1. The van der Waals surface area contributed by atoms with E-state index in [9.17, 15) is 4.79 Å². The lowest BCUT2D eigenvalue weighted by Gasteiger charge is -2.32. The molecule has 0 spiro atoms. The van der Waals surface area contributed by atoms with Crippen molar-refractivity contribution in [2.75, 3.05) is 26.2 Å². The first-order chi connectivity index (χ1) is 10.1. The van der Waals surface area contributed by atoms with Gasteiger partial charge in [-0.3, -0.25) is 4.79 Å². The zero-order chi connectivity index (χ0) is 15.2. The Bertz CT molecular complexity index is 448. The highest BCUT2D eigenvalue weighted by Gasteiger charge is 2.25. The van der Waals surface area contributed by atoms with Crippen molar-refractivity contribution >= 4 is 5.78 Å². The molecule has 0 saturated carbocycles. The van der Waals surface area contributed by atoms with Gasteiger partial charge in [-0.15, -0.1) is 0 Å². The Kier molecular flexibility index (Phi) is 5.76. The highest BCUT2D eigenvalue weighted by molar-refractivity contribution is 5.95. The Balaban J connectivity index is 1.77. The highest BCUT2D eigenvalue weighted by atomic mass is 16.5. The molecule has 116 valence electrons. The Hall–Kier alpha value is -1.39. The van der Waals surface area contributed by atoms with Crippen molar-refractivity contribution in [2.24, 2.45) is 0 Å².